The molecule has 0 rings (SSSR count). The van der Waals surface area contributed by atoms with Crippen molar-refractivity contribution in [2.45, 2.75) is 38.8 Å². The molecule has 0 aromatic heterocycles. The minimum Gasteiger partial charge on any atom is -0.409 e. The molecule has 0 heterocycles. The summed E-state index contributed by atoms with van der Waals surface area (Å²) in [5, 5.41) is 14.6. The number of nitrogens with one attached hydrogen (secondary N) is 1. The highest BCUT2D eigenvalue weighted by Crippen LogP contribution is 2.05. The zero-order valence-electron chi connectivity index (χ0n) is 9.37. The van der Waals surface area contributed by atoms with E-state index >= 15 is 0 Å². The summed E-state index contributed by atoms with van der Waals surface area (Å²) in [6.07, 6.45) is 0.518. The smallest absolute Gasteiger partial charge is 0.140 e. The highest BCUT2D eigenvalue weighted by atomic mass is 16.5. The average molecular weight is 203 g/mol. The van der Waals surface area contributed by atoms with Crippen molar-refractivity contribution >= 4 is 5.84 Å². The molecular weight excluding hydrogens is 182 g/mol. The van der Waals surface area contributed by atoms with Gasteiger partial charge >= 0.3 is 0 Å². The molecule has 14 heavy (non-hydrogen) atoms. The van der Waals surface area contributed by atoms with Crippen molar-refractivity contribution in [3.8, 4) is 0 Å². The van der Waals surface area contributed by atoms with Crippen molar-refractivity contribution in [1.82, 2.24) is 5.32 Å². The maximum atomic E-state index is 8.40. The van der Waals surface area contributed by atoms with Gasteiger partial charge in [0.2, 0.25) is 0 Å². The molecule has 84 valence electrons. The predicted octanol–water partition coefficient (Wildman–Crippen LogP) is 0.526. The lowest BCUT2D eigenvalue weighted by atomic mass is 10.0. The van der Waals surface area contributed by atoms with Gasteiger partial charge in [-0.15, -0.1) is 0 Å². The number of nitrogens with two attached hydrogens (primary N) is 1. The summed E-state index contributed by atoms with van der Waals surface area (Å²) in [5.41, 5.74) is 5.29. The second kappa shape index (κ2) is 5.82. The van der Waals surface area contributed by atoms with Crippen LogP contribution in [0.4, 0.5) is 0 Å². The van der Waals surface area contributed by atoms with E-state index in [0.29, 0.717) is 13.0 Å². The van der Waals surface area contributed by atoms with Gasteiger partial charge < -0.3 is 21.0 Å². The number of rotatable bonds is 6. The van der Waals surface area contributed by atoms with Gasteiger partial charge in [-0.25, -0.2) is 0 Å². The van der Waals surface area contributed by atoms with Gasteiger partial charge in [-0.2, -0.15) is 0 Å². The molecule has 5 nitrogen and oxygen atoms in total. The van der Waals surface area contributed by atoms with E-state index in [-0.39, 0.29) is 17.4 Å². The standard InChI is InChI=1S/C9H21N3O2/c1-7(5-8(10)12-13)11-9(2,3)6-14-4/h7,11,13H,5-6H2,1-4H3,(H2,10,12). The van der Waals surface area contributed by atoms with Crippen LogP contribution in [0.2, 0.25) is 0 Å². The third-order valence-corrected chi connectivity index (χ3v) is 1.79. The molecule has 5 heteroatoms. The van der Waals surface area contributed by atoms with Gasteiger partial charge in [0, 0.05) is 25.1 Å². The lowest BCUT2D eigenvalue weighted by molar-refractivity contribution is 0.122. The maximum Gasteiger partial charge on any atom is 0.140 e. The van der Waals surface area contributed by atoms with Crippen LogP contribution >= 0.6 is 0 Å². The van der Waals surface area contributed by atoms with E-state index < -0.39 is 0 Å². The molecule has 4 N–H and O–H groups in total. The summed E-state index contributed by atoms with van der Waals surface area (Å²) < 4.78 is 5.07. The van der Waals surface area contributed by atoms with Crippen LogP contribution in [0.15, 0.2) is 5.16 Å². The highest BCUT2D eigenvalue weighted by molar-refractivity contribution is 5.80. The van der Waals surface area contributed by atoms with Gasteiger partial charge in [0.05, 0.1) is 6.61 Å². The van der Waals surface area contributed by atoms with Crippen molar-refractivity contribution < 1.29 is 9.94 Å². The Morgan fingerprint density at radius 3 is 2.64 bits per heavy atom. The highest BCUT2D eigenvalue weighted by Gasteiger charge is 2.20. The van der Waals surface area contributed by atoms with Crippen molar-refractivity contribution in [2.24, 2.45) is 10.9 Å². The molecule has 0 radical (unpaired) electrons. The number of hydrogen-bond acceptors (Lipinski definition) is 4. The van der Waals surface area contributed by atoms with Gasteiger partial charge in [-0.3, -0.25) is 0 Å². The molecule has 0 aromatic carbocycles. The topological polar surface area (TPSA) is 79.9 Å². The molecule has 0 aliphatic rings. The summed E-state index contributed by atoms with van der Waals surface area (Å²) in [5.74, 6) is 0.234. The molecule has 1 unspecified atom stereocenters. The van der Waals surface area contributed by atoms with E-state index in [1.807, 2.05) is 20.8 Å². The Bertz CT molecular complexity index is 192. The van der Waals surface area contributed by atoms with Crippen LogP contribution in [0.5, 0.6) is 0 Å². The summed E-state index contributed by atoms with van der Waals surface area (Å²) in [7, 11) is 1.66. The molecule has 0 amide bonds. The van der Waals surface area contributed by atoms with Crippen LogP contribution in [-0.4, -0.2) is 36.3 Å². The first kappa shape index (κ1) is 13.2. The Labute approximate surface area is 85.3 Å². The van der Waals surface area contributed by atoms with Crippen molar-refractivity contribution in [3.63, 3.8) is 0 Å². The quantitative estimate of drug-likeness (QED) is 0.254. The number of hydrogen-bond donors (Lipinski definition) is 3. The second-order valence-electron chi connectivity index (χ2n) is 4.16. The molecule has 0 fully saturated rings. The van der Waals surface area contributed by atoms with E-state index in [9.17, 15) is 0 Å². The molecule has 0 saturated carbocycles. The molecule has 0 aliphatic heterocycles. The van der Waals surface area contributed by atoms with E-state index in [2.05, 4.69) is 10.5 Å². The van der Waals surface area contributed by atoms with Gasteiger partial charge in [-0.05, 0) is 20.8 Å². The zero-order valence-corrected chi connectivity index (χ0v) is 9.37. The Hall–Kier alpha value is -0.810. The average Bonchev–Trinajstić information content (AvgIpc) is 2.02. The summed E-state index contributed by atoms with van der Waals surface area (Å²) >= 11 is 0. The molecule has 0 aliphatic carbocycles. The summed E-state index contributed by atoms with van der Waals surface area (Å²) in [6.45, 7) is 6.68. The predicted molar refractivity (Wildman–Crippen MR) is 56.6 cm³/mol. The Kier molecular flexibility index (Phi) is 5.49. The third-order valence-electron chi connectivity index (χ3n) is 1.79. The fourth-order valence-corrected chi connectivity index (χ4v) is 1.48. The molecule has 0 bridgehead atoms. The molecular formula is C9H21N3O2. The van der Waals surface area contributed by atoms with E-state index in [4.69, 9.17) is 15.7 Å². The van der Waals surface area contributed by atoms with Crippen molar-refractivity contribution in [1.29, 1.82) is 0 Å². The molecule has 1 atom stereocenters. The van der Waals surface area contributed by atoms with Crippen LogP contribution in [0.3, 0.4) is 0 Å². The number of oxime groups is 1. The zero-order chi connectivity index (χ0) is 11.2. The largest absolute Gasteiger partial charge is 0.409 e. The Balaban J connectivity index is 3.98. The number of methoxy groups -OCH3 is 1. The third kappa shape index (κ3) is 5.77. The van der Waals surface area contributed by atoms with Gasteiger partial charge in [0.1, 0.15) is 5.84 Å². The van der Waals surface area contributed by atoms with Crippen molar-refractivity contribution in [3.05, 3.63) is 0 Å². The lowest BCUT2D eigenvalue weighted by Crippen LogP contribution is -2.48. The Morgan fingerprint density at radius 2 is 2.21 bits per heavy atom. The van der Waals surface area contributed by atoms with Crippen LogP contribution < -0.4 is 11.1 Å². The fourth-order valence-electron chi connectivity index (χ4n) is 1.48. The first-order valence-electron chi connectivity index (χ1n) is 4.64. The second-order valence-corrected chi connectivity index (χ2v) is 4.16. The van der Waals surface area contributed by atoms with Crippen LogP contribution in [0.25, 0.3) is 0 Å². The van der Waals surface area contributed by atoms with Gasteiger partial charge in [0.25, 0.3) is 0 Å². The normalized spacial score (nSPS) is 15.6. The van der Waals surface area contributed by atoms with Crippen LogP contribution in [0.1, 0.15) is 27.2 Å². The minimum absolute atomic E-state index is 0.107. The number of nitrogens with zero attached hydrogens (tertiary/aromatic N) is 1. The van der Waals surface area contributed by atoms with Gasteiger partial charge in [0.15, 0.2) is 0 Å². The summed E-state index contributed by atoms with van der Waals surface area (Å²) in [6, 6.07) is 0.149. The lowest BCUT2D eigenvalue weighted by Gasteiger charge is -2.29. The Morgan fingerprint density at radius 1 is 1.64 bits per heavy atom. The van der Waals surface area contributed by atoms with E-state index in [0.717, 1.165) is 0 Å². The van der Waals surface area contributed by atoms with Crippen LogP contribution in [-0.2, 0) is 4.74 Å². The maximum absolute atomic E-state index is 8.40. The van der Waals surface area contributed by atoms with E-state index in [1.54, 1.807) is 7.11 Å². The van der Waals surface area contributed by atoms with Crippen LogP contribution in [0, 0.1) is 0 Å². The SMILES string of the molecule is COCC(C)(C)NC(C)CC(N)=NO. The van der Waals surface area contributed by atoms with E-state index in [1.165, 1.54) is 0 Å². The molecule has 0 aromatic rings. The summed E-state index contributed by atoms with van der Waals surface area (Å²) in [4.78, 5) is 0. The molecule has 0 spiro atoms. The first-order valence-corrected chi connectivity index (χ1v) is 4.64. The monoisotopic (exact) mass is 203 g/mol. The molecule has 0 saturated heterocycles. The van der Waals surface area contributed by atoms with Gasteiger partial charge in [-0.1, -0.05) is 5.16 Å². The van der Waals surface area contributed by atoms with Crippen molar-refractivity contribution in [2.75, 3.05) is 13.7 Å². The first-order chi connectivity index (χ1) is 6.41. The number of amidine groups is 1. The fraction of sp³-hybridized carbons (Fsp3) is 0.889. The number of ether oxygens (including phenoxy) is 1. The minimum atomic E-state index is -0.107.